The minimum atomic E-state index is 0.853. The van der Waals surface area contributed by atoms with Crippen LogP contribution in [-0.4, -0.2) is 21.2 Å². The van der Waals surface area contributed by atoms with E-state index in [1.807, 2.05) is 26.6 Å². The first kappa shape index (κ1) is 12.0. The molecule has 3 rings (SSSR count). The van der Waals surface area contributed by atoms with Crippen molar-refractivity contribution >= 4 is 10.9 Å². The fourth-order valence-corrected chi connectivity index (χ4v) is 2.41. The third kappa shape index (κ3) is 2.27. The summed E-state index contributed by atoms with van der Waals surface area (Å²) in [6.07, 6.45) is 5.90. The number of aromatic nitrogens is 3. The van der Waals surface area contributed by atoms with Gasteiger partial charge in [-0.2, -0.15) is 0 Å². The highest BCUT2D eigenvalue weighted by molar-refractivity contribution is 5.81. The Kier molecular flexibility index (Phi) is 3.09. The molecule has 0 fully saturated rings. The van der Waals surface area contributed by atoms with Crippen molar-refractivity contribution in [1.29, 1.82) is 0 Å². The number of fused-ring (bicyclic) bond motifs is 1. The van der Waals surface area contributed by atoms with Crippen LogP contribution in [0.25, 0.3) is 10.9 Å². The molecule has 0 saturated carbocycles. The summed E-state index contributed by atoms with van der Waals surface area (Å²) < 4.78 is 4.32. The molecule has 0 radical (unpaired) electrons. The van der Waals surface area contributed by atoms with Gasteiger partial charge < -0.3 is 14.5 Å². The van der Waals surface area contributed by atoms with Crippen LogP contribution in [0.5, 0.6) is 0 Å². The van der Waals surface area contributed by atoms with Crippen molar-refractivity contribution in [2.75, 3.05) is 7.05 Å². The predicted molar refractivity (Wildman–Crippen MR) is 77.0 cm³/mol. The summed E-state index contributed by atoms with van der Waals surface area (Å²) in [7, 11) is 4.00. The third-order valence-electron chi connectivity index (χ3n) is 3.47. The van der Waals surface area contributed by atoms with Crippen LogP contribution in [0.4, 0.5) is 0 Å². The van der Waals surface area contributed by atoms with Crippen molar-refractivity contribution < 1.29 is 0 Å². The lowest BCUT2D eigenvalue weighted by molar-refractivity contribution is 0.743. The Balaban J connectivity index is 1.95. The van der Waals surface area contributed by atoms with E-state index in [4.69, 9.17) is 0 Å². The van der Waals surface area contributed by atoms with Crippen molar-refractivity contribution in [2.45, 2.75) is 13.1 Å². The van der Waals surface area contributed by atoms with E-state index < -0.39 is 0 Å². The van der Waals surface area contributed by atoms with Crippen LogP contribution in [-0.2, 0) is 20.1 Å². The molecule has 1 N–H and O–H groups in total. The summed E-state index contributed by atoms with van der Waals surface area (Å²) in [6.45, 7) is 1.76. The molecule has 2 heterocycles. The van der Waals surface area contributed by atoms with Crippen LogP contribution in [0, 0.1) is 0 Å². The van der Waals surface area contributed by atoms with Gasteiger partial charge in [0.25, 0.3) is 0 Å². The van der Waals surface area contributed by atoms with Gasteiger partial charge >= 0.3 is 0 Å². The van der Waals surface area contributed by atoms with Crippen molar-refractivity contribution in [2.24, 2.45) is 7.05 Å². The number of imidazole rings is 1. The lowest BCUT2D eigenvalue weighted by Gasteiger charge is -2.07. The Morgan fingerprint density at radius 2 is 2.16 bits per heavy atom. The van der Waals surface area contributed by atoms with Crippen molar-refractivity contribution in [3.05, 3.63) is 54.2 Å². The molecule has 98 valence electrons. The molecule has 0 bridgehead atoms. The number of nitrogens with zero attached hydrogens (tertiary/aromatic N) is 3. The molecule has 19 heavy (non-hydrogen) atoms. The first-order valence-electron chi connectivity index (χ1n) is 6.45. The van der Waals surface area contributed by atoms with Crippen LogP contribution >= 0.6 is 0 Å². The second-order valence-electron chi connectivity index (χ2n) is 4.86. The molecule has 0 aliphatic rings. The first-order chi connectivity index (χ1) is 9.28. The van der Waals surface area contributed by atoms with Crippen LogP contribution in [0.2, 0.25) is 0 Å². The summed E-state index contributed by atoms with van der Waals surface area (Å²) in [5.74, 6) is 0. The molecule has 0 atom stereocenters. The molecule has 3 aromatic rings. The Bertz CT molecular complexity index is 693. The Labute approximate surface area is 112 Å². The fourth-order valence-electron chi connectivity index (χ4n) is 2.41. The van der Waals surface area contributed by atoms with Crippen LogP contribution in [0.3, 0.4) is 0 Å². The lowest BCUT2D eigenvalue weighted by atomic mass is 10.1. The topological polar surface area (TPSA) is 34.8 Å². The molecule has 0 aliphatic heterocycles. The van der Waals surface area contributed by atoms with Gasteiger partial charge in [0.1, 0.15) is 0 Å². The van der Waals surface area contributed by atoms with Gasteiger partial charge in [-0.15, -0.1) is 0 Å². The van der Waals surface area contributed by atoms with Gasteiger partial charge in [-0.1, -0.05) is 6.07 Å². The number of hydrogen-bond donors (Lipinski definition) is 1. The zero-order valence-corrected chi connectivity index (χ0v) is 11.3. The summed E-state index contributed by atoms with van der Waals surface area (Å²) in [4.78, 5) is 4.16. The molecule has 0 aliphatic carbocycles. The highest BCUT2D eigenvalue weighted by Crippen LogP contribution is 2.19. The Morgan fingerprint density at radius 1 is 1.26 bits per heavy atom. The normalized spacial score (nSPS) is 11.3. The van der Waals surface area contributed by atoms with E-state index >= 15 is 0 Å². The molecule has 0 unspecified atom stereocenters. The number of hydrogen-bond acceptors (Lipinski definition) is 2. The third-order valence-corrected chi connectivity index (χ3v) is 3.47. The van der Waals surface area contributed by atoms with E-state index in [1.165, 1.54) is 22.2 Å². The van der Waals surface area contributed by atoms with Gasteiger partial charge in [-0.25, -0.2) is 4.98 Å². The maximum absolute atomic E-state index is 4.16. The quantitative estimate of drug-likeness (QED) is 0.774. The van der Waals surface area contributed by atoms with Gasteiger partial charge in [-0.3, -0.25) is 0 Å². The average Bonchev–Trinajstić information content (AvgIpc) is 2.98. The number of rotatable bonds is 4. The van der Waals surface area contributed by atoms with Gasteiger partial charge in [0.2, 0.25) is 0 Å². The smallest absolute Gasteiger partial charge is 0.0946 e. The van der Waals surface area contributed by atoms with E-state index in [2.05, 4.69) is 49.9 Å². The second-order valence-corrected chi connectivity index (χ2v) is 4.86. The summed E-state index contributed by atoms with van der Waals surface area (Å²) in [5.41, 5.74) is 3.78. The number of benzene rings is 1. The molecule has 4 nitrogen and oxygen atoms in total. The van der Waals surface area contributed by atoms with E-state index in [1.54, 1.807) is 0 Å². The number of aryl methyl sites for hydroxylation is 1. The van der Waals surface area contributed by atoms with Gasteiger partial charge in [-0.05, 0) is 36.2 Å². The molecule has 1 aromatic carbocycles. The summed E-state index contributed by atoms with van der Waals surface area (Å²) >= 11 is 0. The zero-order chi connectivity index (χ0) is 13.2. The van der Waals surface area contributed by atoms with E-state index in [9.17, 15) is 0 Å². The van der Waals surface area contributed by atoms with Crippen molar-refractivity contribution in [1.82, 2.24) is 19.4 Å². The van der Waals surface area contributed by atoms with Gasteiger partial charge in [0.05, 0.1) is 18.6 Å². The standard InChI is InChI=1S/C15H18N4/c1-16-8-12-3-4-15-13(7-12)5-6-19(15)10-14-9-17-11-18(14)2/h3-7,9,11,16H,8,10H2,1-2H3. The van der Waals surface area contributed by atoms with E-state index in [-0.39, 0.29) is 0 Å². The van der Waals surface area contributed by atoms with E-state index in [0.29, 0.717) is 0 Å². The van der Waals surface area contributed by atoms with Crippen LogP contribution in [0.15, 0.2) is 43.0 Å². The molecule has 0 saturated heterocycles. The Morgan fingerprint density at radius 3 is 2.89 bits per heavy atom. The van der Waals surface area contributed by atoms with Crippen molar-refractivity contribution in [3.8, 4) is 0 Å². The highest BCUT2D eigenvalue weighted by Gasteiger charge is 2.05. The van der Waals surface area contributed by atoms with Gasteiger partial charge in [0, 0.05) is 31.5 Å². The molecule has 4 heteroatoms. The molecule has 0 amide bonds. The molecular weight excluding hydrogens is 236 g/mol. The minimum absolute atomic E-state index is 0.853. The van der Waals surface area contributed by atoms with Gasteiger partial charge in [0.15, 0.2) is 0 Å². The second kappa shape index (κ2) is 4.90. The fraction of sp³-hybridized carbons (Fsp3) is 0.267. The highest BCUT2D eigenvalue weighted by atomic mass is 15.1. The monoisotopic (exact) mass is 254 g/mol. The van der Waals surface area contributed by atoms with Crippen molar-refractivity contribution in [3.63, 3.8) is 0 Å². The average molecular weight is 254 g/mol. The largest absolute Gasteiger partial charge is 0.341 e. The summed E-state index contributed by atoms with van der Waals surface area (Å²) in [5, 5.41) is 4.47. The Hall–Kier alpha value is -2.07. The molecular formula is C15H18N4. The zero-order valence-electron chi connectivity index (χ0n) is 11.3. The molecule has 0 spiro atoms. The lowest BCUT2D eigenvalue weighted by Crippen LogP contribution is -2.05. The maximum Gasteiger partial charge on any atom is 0.0946 e. The summed E-state index contributed by atoms with van der Waals surface area (Å²) in [6, 6.07) is 8.79. The SMILES string of the molecule is CNCc1ccc2c(ccn2Cc2cncn2C)c1. The minimum Gasteiger partial charge on any atom is -0.341 e. The maximum atomic E-state index is 4.16. The van der Waals surface area contributed by atoms with E-state index in [0.717, 1.165) is 13.1 Å². The van der Waals surface area contributed by atoms with Crippen LogP contribution in [0.1, 0.15) is 11.3 Å². The van der Waals surface area contributed by atoms with Crippen LogP contribution < -0.4 is 5.32 Å². The number of nitrogens with one attached hydrogen (secondary N) is 1. The first-order valence-corrected chi connectivity index (χ1v) is 6.45. The molecule has 2 aromatic heterocycles. The predicted octanol–water partition coefficient (Wildman–Crippen LogP) is 2.14.